The molecule has 16 heavy (non-hydrogen) atoms. The molecule has 2 aliphatic heterocycles. The van der Waals surface area contributed by atoms with Crippen LogP contribution in [0.5, 0.6) is 0 Å². The highest BCUT2D eigenvalue weighted by Crippen LogP contribution is 2.38. The quantitative estimate of drug-likeness (QED) is 0.688. The maximum Gasteiger partial charge on any atom is 0.112 e. The van der Waals surface area contributed by atoms with Gasteiger partial charge in [-0.05, 0) is 18.1 Å². The molecule has 1 aromatic rings. The van der Waals surface area contributed by atoms with E-state index < -0.39 is 0 Å². The SMILES string of the molecule is C#Cc1ccc(CN2CCC23COC3)cn1. The Balaban J connectivity index is 1.68. The molecule has 2 saturated heterocycles. The molecule has 3 heteroatoms. The molecule has 2 fully saturated rings. The third kappa shape index (κ3) is 1.42. The summed E-state index contributed by atoms with van der Waals surface area (Å²) in [5.41, 5.74) is 2.28. The molecule has 3 nitrogen and oxygen atoms in total. The van der Waals surface area contributed by atoms with Crippen molar-refractivity contribution in [3.05, 3.63) is 29.6 Å². The van der Waals surface area contributed by atoms with E-state index >= 15 is 0 Å². The lowest BCUT2D eigenvalue weighted by Gasteiger charge is -2.57. The topological polar surface area (TPSA) is 25.4 Å². The molecule has 1 spiro atoms. The predicted octanol–water partition coefficient (Wildman–Crippen LogP) is 1.04. The van der Waals surface area contributed by atoms with Crippen LogP contribution in [0, 0.1) is 12.3 Å². The molecule has 0 atom stereocenters. The second-order valence-electron chi connectivity index (χ2n) is 4.58. The number of pyridine rings is 1. The van der Waals surface area contributed by atoms with Crippen molar-refractivity contribution in [3.8, 4) is 12.3 Å². The fourth-order valence-corrected chi connectivity index (χ4v) is 2.32. The number of hydrogen-bond donors (Lipinski definition) is 0. The molecule has 3 rings (SSSR count). The van der Waals surface area contributed by atoms with Crippen molar-refractivity contribution in [2.75, 3.05) is 19.8 Å². The summed E-state index contributed by atoms with van der Waals surface area (Å²) in [4.78, 5) is 6.68. The molecule has 0 unspecified atom stereocenters. The zero-order valence-electron chi connectivity index (χ0n) is 9.15. The lowest BCUT2D eigenvalue weighted by Crippen LogP contribution is -2.70. The fourth-order valence-electron chi connectivity index (χ4n) is 2.32. The maximum atomic E-state index is 5.30. The number of hydrogen-bond acceptors (Lipinski definition) is 3. The Morgan fingerprint density at radius 1 is 1.50 bits per heavy atom. The Morgan fingerprint density at radius 2 is 2.38 bits per heavy atom. The highest BCUT2D eigenvalue weighted by Gasteiger charge is 2.50. The van der Waals surface area contributed by atoms with Crippen LogP contribution in [-0.4, -0.2) is 35.2 Å². The molecule has 2 aliphatic rings. The van der Waals surface area contributed by atoms with Gasteiger partial charge in [-0.2, -0.15) is 0 Å². The van der Waals surface area contributed by atoms with Crippen molar-refractivity contribution in [1.29, 1.82) is 0 Å². The molecule has 0 aliphatic carbocycles. The summed E-state index contributed by atoms with van der Waals surface area (Å²) >= 11 is 0. The molecule has 0 amide bonds. The molecular weight excluding hydrogens is 200 g/mol. The van der Waals surface area contributed by atoms with Gasteiger partial charge in [0.15, 0.2) is 0 Å². The van der Waals surface area contributed by atoms with E-state index in [2.05, 4.69) is 21.9 Å². The molecule has 0 bridgehead atoms. The smallest absolute Gasteiger partial charge is 0.112 e. The van der Waals surface area contributed by atoms with Gasteiger partial charge in [0.25, 0.3) is 0 Å². The van der Waals surface area contributed by atoms with Crippen LogP contribution in [0.1, 0.15) is 17.7 Å². The first kappa shape index (κ1) is 9.83. The first-order valence-electron chi connectivity index (χ1n) is 5.57. The van der Waals surface area contributed by atoms with Gasteiger partial charge in [0.05, 0.1) is 18.8 Å². The zero-order chi connectivity index (χ0) is 11.0. The van der Waals surface area contributed by atoms with Crippen molar-refractivity contribution < 1.29 is 4.74 Å². The first-order chi connectivity index (χ1) is 7.82. The normalized spacial score (nSPS) is 22.2. The fraction of sp³-hybridized carbons (Fsp3) is 0.462. The van der Waals surface area contributed by atoms with Gasteiger partial charge in [-0.1, -0.05) is 12.0 Å². The van der Waals surface area contributed by atoms with Crippen LogP contribution in [0.4, 0.5) is 0 Å². The highest BCUT2D eigenvalue weighted by atomic mass is 16.5. The summed E-state index contributed by atoms with van der Waals surface area (Å²) < 4.78 is 5.30. The van der Waals surface area contributed by atoms with E-state index in [1.165, 1.54) is 18.5 Å². The molecule has 1 aromatic heterocycles. The van der Waals surface area contributed by atoms with Crippen LogP contribution in [0.2, 0.25) is 0 Å². The van der Waals surface area contributed by atoms with Gasteiger partial charge in [0, 0.05) is 19.3 Å². The van der Waals surface area contributed by atoms with Crippen LogP contribution in [0.25, 0.3) is 0 Å². The van der Waals surface area contributed by atoms with E-state index in [0.717, 1.165) is 19.8 Å². The summed E-state index contributed by atoms with van der Waals surface area (Å²) in [6.45, 7) is 3.91. The minimum atomic E-state index is 0.352. The third-order valence-electron chi connectivity index (χ3n) is 3.61. The number of aromatic nitrogens is 1. The van der Waals surface area contributed by atoms with Gasteiger partial charge < -0.3 is 4.74 Å². The summed E-state index contributed by atoms with van der Waals surface area (Å²) in [6.07, 6.45) is 8.42. The molecule has 0 saturated carbocycles. The summed E-state index contributed by atoms with van der Waals surface area (Å²) in [6, 6.07) is 3.97. The van der Waals surface area contributed by atoms with Crippen molar-refractivity contribution in [2.45, 2.75) is 18.5 Å². The summed E-state index contributed by atoms with van der Waals surface area (Å²) in [5, 5.41) is 0. The van der Waals surface area contributed by atoms with E-state index in [4.69, 9.17) is 11.2 Å². The molecular formula is C13H14N2O. The number of likely N-dealkylation sites (tertiary alicyclic amines) is 1. The largest absolute Gasteiger partial charge is 0.377 e. The van der Waals surface area contributed by atoms with Gasteiger partial charge >= 0.3 is 0 Å². The van der Waals surface area contributed by atoms with Gasteiger partial charge in [-0.15, -0.1) is 6.42 Å². The summed E-state index contributed by atoms with van der Waals surface area (Å²) in [7, 11) is 0. The monoisotopic (exact) mass is 214 g/mol. The Kier molecular flexibility index (Phi) is 2.20. The Bertz CT molecular complexity index is 423. The van der Waals surface area contributed by atoms with E-state index in [-0.39, 0.29) is 0 Å². The van der Waals surface area contributed by atoms with E-state index in [0.29, 0.717) is 11.2 Å². The number of nitrogens with zero attached hydrogens (tertiary/aromatic N) is 2. The van der Waals surface area contributed by atoms with Crippen LogP contribution in [0.15, 0.2) is 18.3 Å². The molecule has 3 heterocycles. The second-order valence-corrected chi connectivity index (χ2v) is 4.58. The van der Waals surface area contributed by atoms with Crippen molar-refractivity contribution >= 4 is 0 Å². The standard InChI is InChI=1S/C13H14N2O/c1-2-12-4-3-11(7-14-12)8-15-6-5-13(15)9-16-10-13/h1,3-4,7H,5-6,8-10H2. The average Bonchev–Trinajstić information content (AvgIpc) is 2.23. The van der Waals surface area contributed by atoms with Gasteiger partial charge in [-0.3, -0.25) is 4.90 Å². The molecule has 0 radical (unpaired) electrons. The first-order valence-corrected chi connectivity index (χ1v) is 5.57. The Hall–Kier alpha value is -1.37. The third-order valence-corrected chi connectivity index (χ3v) is 3.61. The second kappa shape index (κ2) is 3.58. The van der Waals surface area contributed by atoms with Gasteiger partial charge in [-0.25, -0.2) is 4.98 Å². The highest BCUT2D eigenvalue weighted by molar-refractivity contribution is 5.26. The van der Waals surface area contributed by atoms with E-state index in [9.17, 15) is 0 Å². The van der Waals surface area contributed by atoms with Crippen LogP contribution in [0.3, 0.4) is 0 Å². The molecule has 82 valence electrons. The zero-order valence-corrected chi connectivity index (χ0v) is 9.15. The Labute approximate surface area is 95.4 Å². The van der Waals surface area contributed by atoms with Gasteiger partial charge in [0.2, 0.25) is 0 Å². The predicted molar refractivity (Wildman–Crippen MR) is 60.7 cm³/mol. The number of rotatable bonds is 2. The van der Waals surface area contributed by atoms with Crippen molar-refractivity contribution in [1.82, 2.24) is 9.88 Å². The Morgan fingerprint density at radius 3 is 2.81 bits per heavy atom. The van der Waals surface area contributed by atoms with Crippen LogP contribution >= 0.6 is 0 Å². The molecule has 0 aromatic carbocycles. The number of terminal acetylenes is 1. The maximum absolute atomic E-state index is 5.30. The lowest BCUT2D eigenvalue weighted by molar-refractivity contribution is -0.195. The minimum Gasteiger partial charge on any atom is -0.377 e. The van der Waals surface area contributed by atoms with Crippen LogP contribution in [-0.2, 0) is 11.3 Å². The van der Waals surface area contributed by atoms with Gasteiger partial charge in [0.1, 0.15) is 5.69 Å². The lowest BCUT2D eigenvalue weighted by atomic mass is 9.82. The molecule has 0 N–H and O–H groups in total. The number of ether oxygens (including phenoxy) is 1. The van der Waals surface area contributed by atoms with Crippen LogP contribution < -0.4 is 0 Å². The summed E-state index contributed by atoms with van der Waals surface area (Å²) in [5.74, 6) is 2.53. The van der Waals surface area contributed by atoms with Crippen molar-refractivity contribution in [2.24, 2.45) is 0 Å². The van der Waals surface area contributed by atoms with E-state index in [1.54, 1.807) is 0 Å². The van der Waals surface area contributed by atoms with E-state index in [1.807, 2.05) is 12.3 Å². The minimum absolute atomic E-state index is 0.352. The average molecular weight is 214 g/mol. The van der Waals surface area contributed by atoms with Crippen molar-refractivity contribution in [3.63, 3.8) is 0 Å².